The molecule has 176 valence electrons. The van der Waals surface area contributed by atoms with E-state index >= 15 is 0 Å². The first-order valence-electron chi connectivity index (χ1n) is 11.0. The fourth-order valence-electron chi connectivity index (χ4n) is 3.77. The number of carbonyl (C=O) groups is 1. The van der Waals surface area contributed by atoms with Crippen LogP contribution in [0.4, 0.5) is 9.39 Å². The molecule has 0 aliphatic heterocycles. The zero-order valence-electron chi connectivity index (χ0n) is 18.6. The zero-order chi connectivity index (χ0) is 23.9. The Kier molecular flexibility index (Phi) is 7.98. The molecule has 2 heterocycles. The van der Waals surface area contributed by atoms with E-state index in [-0.39, 0.29) is 24.1 Å². The number of nitrogens with zero attached hydrogens (tertiary/aromatic N) is 4. The van der Waals surface area contributed by atoms with Crippen LogP contribution in [0.5, 0.6) is 5.75 Å². The van der Waals surface area contributed by atoms with Crippen LogP contribution in [-0.2, 0) is 30.8 Å². The van der Waals surface area contributed by atoms with Gasteiger partial charge in [-0.15, -0.1) is 28.1 Å². The molecule has 2 aromatic heterocycles. The maximum Gasteiger partial charge on any atom is 0.235 e. The molecule has 7 nitrogen and oxygen atoms in total. The number of amides is 1. The fourth-order valence-corrected chi connectivity index (χ4v) is 5.79. The van der Waals surface area contributed by atoms with Gasteiger partial charge in [0, 0.05) is 11.4 Å². The van der Waals surface area contributed by atoms with E-state index in [1.165, 1.54) is 46.5 Å². The molecule has 0 fully saturated rings. The maximum absolute atomic E-state index is 13.1. The molecule has 1 aliphatic carbocycles. The molecular weight excluding hydrogens is 473 g/mol. The number of fused-ring (bicyclic) bond motifs is 1. The summed E-state index contributed by atoms with van der Waals surface area (Å²) in [7, 11) is 0. The average Bonchev–Trinajstić information content (AvgIpc) is 3.28. The summed E-state index contributed by atoms with van der Waals surface area (Å²) in [6.45, 7) is 4.38. The van der Waals surface area contributed by atoms with Crippen molar-refractivity contribution in [2.24, 2.45) is 0 Å². The first kappa shape index (κ1) is 24.0. The monoisotopic (exact) mass is 497 g/mol. The third kappa shape index (κ3) is 5.66. The number of ether oxygens (including phenoxy) is 1. The number of aryl methyl sites for hydroxylation is 1. The predicted octanol–water partition coefficient (Wildman–Crippen LogP) is 5.12. The van der Waals surface area contributed by atoms with Gasteiger partial charge in [-0.3, -0.25) is 9.36 Å². The van der Waals surface area contributed by atoms with Crippen LogP contribution in [0.2, 0.25) is 0 Å². The lowest BCUT2D eigenvalue weighted by Crippen LogP contribution is -2.15. The highest BCUT2D eigenvalue weighted by Gasteiger charge is 2.21. The second-order valence-electron chi connectivity index (χ2n) is 7.76. The SMILES string of the molecule is C=CCn1c(COc2ccc(F)cc2)nnc1SCC(=O)Nc1sc2c(c1C#N)CCCCC2. The highest BCUT2D eigenvalue weighted by molar-refractivity contribution is 7.99. The maximum atomic E-state index is 13.1. The number of nitriles is 1. The van der Waals surface area contributed by atoms with Gasteiger partial charge in [0.25, 0.3) is 0 Å². The molecule has 0 spiro atoms. The Bertz CT molecular complexity index is 1210. The quantitative estimate of drug-likeness (QED) is 0.251. The summed E-state index contributed by atoms with van der Waals surface area (Å²) in [5.41, 5.74) is 1.71. The lowest BCUT2D eigenvalue weighted by atomic mass is 10.1. The van der Waals surface area contributed by atoms with Gasteiger partial charge in [0.15, 0.2) is 11.0 Å². The van der Waals surface area contributed by atoms with Crippen LogP contribution < -0.4 is 10.1 Å². The summed E-state index contributed by atoms with van der Waals surface area (Å²) >= 11 is 2.78. The molecule has 3 aromatic rings. The number of carbonyl (C=O) groups excluding carboxylic acids is 1. The molecule has 0 unspecified atom stereocenters. The molecule has 0 bridgehead atoms. The number of halogens is 1. The minimum absolute atomic E-state index is 0.127. The molecular formula is C24H24FN5O2S2. The van der Waals surface area contributed by atoms with Crippen molar-refractivity contribution in [3.8, 4) is 11.8 Å². The van der Waals surface area contributed by atoms with Gasteiger partial charge in [0.05, 0.1) is 11.3 Å². The first-order chi connectivity index (χ1) is 16.6. The number of hydrogen-bond acceptors (Lipinski definition) is 7. The molecule has 1 aromatic carbocycles. The van der Waals surface area contributed by atoms with Crippen LogP contribution in [0.3, 0.4) is 0 Å². The number of anilines is 1. The standard InChI is InChI=1S/C24H24FN5O2S2/c1-2-12-30-21(14-32-17-10-8-16(25)9-11-17)28-29-24(30)33-15-22(31)27-23-19(13-26)18-6-4-3-5-7-20(18)34-23/h2,8-11H,1,3-7,12,14-15H2,(H,27,31). The van der Waals surface area contributed by atoms with Crippen molar-refractivity contribution in [3.63, 3.8) is 0 Å². The van der Waals surface area contributed by atoms with E-state index in [1.54, 1.807) is 18.2 Å². The van der Waals surface area contributed by atoms with E-state index in [0.29, 0.717) is 33.8 Å². The van der Waals surface area contributed by atoms with Crippen LogP contribution in [-0.4, -0.2) is 26.4 Å². The summed E-state index contributed by atoms with van der Waals surface area (Å²) in [6, 6.07) is 8.03. The summed E-state index contributed by atoms with van der Waals surface area (Å²) in [4.78, 5) is 13.9. The fraction of sp³-hybridized carbons (Fsp3) is 0.333. The molecule has 34 heavy (non-hydrogen) atoms. The summed E-state index contributed by atoms with van der Waals surface area (Å²) < 4.78 is 20.6. The van der Waals surface area contributed by atoms with Crippen molar-refractivity contribution in [1.82, 2.24) is 14.8 Å². The van der Waals surface area contributed by atoms with Crippen molar-refractivity contribution < 1.29 is 13.9 Å². The van der Waals surface area contributed by atoms with Gasteiger partial charge in [0.2, 0.25) is 5.91 Å². The highest BCUT2D eigenvalue weighted by atomic mass is 32.2. The minimum Gasteiger partial charge on any atom is -0.486 e. The Morgan fingerprint density at radius 3 is 2.85 bits per heavy atom. The molecule has 1 N–H and O–H groups in total. The third-order valence-electron chi connectivity index (χ3n) is 5.41. The van der Waals surface area contributed by atoms with Gasteiger partial charge in [-0.05, 0) is 55.5 Å². The van der Waals surface area contributed by atoms with E-state index in [2.05, 4.69) is 28.2 Å². The van der Waals surface area contributed by atoms with Crippen LogP contribution in [0.25, 0.3) is 0 Å². The van der Waals surface area contributed by atoms with E-state index in [1.807, 2.05) is 4.57 Å². The van der Waals surface area contributed by atoms with Crippen molar-refractivity contribution >= 4 is 34.0 Å². The lowest BCUT2D eigenvalue weighted by molar-refractivity contribution is -0.113. The smallest absolute Gasteiger partial charge is 0.235 e. The number of aromatic nitrogens is 3. The minimum atomic E-state index is -0.334. The Morgan fingerprint density at radius 2 is 2.09 bits per heavy atom. The van der Waals surface area contributed by atoms with Crippen molar-refractivity contribution in [2.75, 3.05) is 11.1 Å². The van der Waals surface area contributed by atoms with Gasteiger partial charge in [-0.1, -0.05) is 24.3 Å². The van der Waals surface area contributed by atoms with E-state index in [4.69, 9.17) is 4.74 Å². The normalized spacial score (nSPS) is 12.9. The summed E-state index contributed by atoms with van der Waals surface area (Å²) in [5.74, 6) is 0.683. The molecule has 0 saturated heterocycles. The average molecular weight is 498 g/mol. The van der Waals surface area contributed by atoms with Crippen LogP contribution in [0.1, 0.15) is 41.1 Å². The molecule has 0 saturated carbocycles. The third-order valence-corrected chi connectivity index (χ3v) is 7.58. The Hall–Kier alpha value is -3.16. The molecule has 10 heteroatoms. The van der Waals surface area contributed by atoms with E-state index in [9.17, 15) is 14.4 Å². The Morgan fingerprint density at radius 1 is 1.29 bits per heavy atom. The predicted molar refractivity (Wildman–Crippen MR) is 131 cm³/mol. The largest absolute Gasteiger partial charge is 0.486 e. The molecule has 1 aliphatic rings. The van der Waals surface area contributed by atoms with Crippen molar-refractivity contribution in [2.45, 2.75) is 50.4 Å². The van der Waals surface area contributed by atoms with Gasteiger partial charge in [-0.25, -0.2) is 4.39 Å². The number of rotatable bonds is 9. The number of thioether (sulfide) groups is 1. The van der Waals surface area contributed by atoms with Crippen molar-refractivity contribution in [3.05, 3.63) is 64.6 Å². The molecule has 4 rings (SSSR count). The number of hydrogen-bond donors (Lipinski definition) is 1. The Balaban J connectivity index is 1.39. The van der Waals surface area contributed by atoms with Crippen LogP contribution >= 0.6 is 23.1 Å². The van der Waals surface area contributed by atoms with E-state index in [0.717, 1.165) is 31.2 Å². The number of benzene rings is 1. The van der Waals surface area contributed by atoms with E-state index < -0.39 is 0 Å². The second kappa shape index (κ2) is 11.3. The van der Waals surface area contributed by atoms with Gasteiger partial charge in [-0.2, -0.15) is 5.26 Å². The number of allylic oxidation sites excluding steroid dienone is 1. The number of nitrogens with one attached hydrogen (secondary N) is 1. The van der Waals surface area contributed by atoms with Crippen LogP contribution in [0, 0.1) is 17.1 Å². The lowest BCUT2D eigenvalue weighted by Gasteiger charge is -2.09. The zero-order valence-corrected chi connectivity index (χ0v) is 20.2. The summed E-state index contributed by atoms with van der Waals surface area (Å²) in [5, 5.41) is 22.2. The number of thiophene rings is 1. The van der Waals surface area contributed by atoms with Gasteiger partial charge >= 0.3 is 0 Å². The molecule has 1 amide bonds. The molecule has 0 atom stereocenters. The second-order valence-corrected chi connectivity index (χ2v) is 9.81. The first-order valence-corrected chi connectivity index (χ1v) is 12.8. The van der Waals surface area contributed by atoms with Gasteiger partial charge in [0.1, 0.15) is 29.2 Å². The Labute approximate surface area is 205 Å². The summed E-state index contributed by atoms with van der Waals surface area (Å²) in [6.07, 6.45) is 6.95. The van der Waals surface area contributed by atoms with Crippen molar-refractivity contribution in [1.29, 1.82) is 5.26 Å². The topological polar surface area (TPSA) is 92.8 Å². The molecule has 0 radical (unpaired) electrons. The van der Waals surface area contributed by atoms with Gasteiger partial charge < -0.3 is 10.1 Å². The highest BCUT2D eigenvalue weighted by Crippen LogP contribution is 2.37. The van der Waals surface area contributed by atoms with Crippen LogP contribution in [0.15, 0.2) is 42.1 Å².